The predicted molar refractivity (Wildman–Crippen MR) is 73.4 cm³/mol. The largest absolute Gasteiger partial charge is 0.497 e. The van der Waals surface area contributed by atoms with E-state index in [0.717, 1.165) is 37.1 Å². The summed E-state index contributed by atoms with van der Waals surface area (Å²) in [6.45, 7) is 1.37. The molecule has 0 atom stereocenters. The molecule has 2 rings (SSSR count). The minimum atomic E-state index is -0.357. The summed E-state index contributed by atoms with van der Waals surface area (Å²) in [6, 6.07) is 8.24. The highest BCUT2D eigenvalue weighted by atomic mass is 16.7. The van der Waals surface area contributed by atoms with Crippen LogP contribution >= 0.6 is 0 Å². The third kappa shape index (κ3) is 3.81. The van der Waals surface area contributed by atoms with E-state index in [1.54, 1.807) is 7.11 Å². The van der Waals surface area contributed by atoms with Gasteiger partial charge in [0.2, 0.25) is 0 Å². The quantitative estimate of drug-likeness (QED) is 0.619. The van der Waals surface area contributed by atoms with Crippen LogP contribution in [0.15, 0.2) is 29.4 Å². The van der Waals surface area contributed by atoms with Crippen molar-refractivity contribution in [1.29, 1.82) is 0 Å². The molecule has 1 aliphatic rings. The van der Waals surface area contributed by atoms with E-state index in [2.05, 4.69) is 22.1 Å². The molecule has 0 heterocycles. The van der Waals surface area contributed by atoms with Gasteiger partial charge in [-0.25, -0.2) is 4.79 Å². The molecule has 0 bridgehead atoms. The number of carbonyl (C=O) groups is 1. The molecule has 0 saturated heterocycles. The number of ether oxygens (including phenoxy) is 1. The topological polar surface area (TPSA) is 47.9 Å². The standard InChI is InChI=1S/C15H19NO3/c1-11(17)19-16-14-7-3-12(4-8-14)13-5-9-15(18-2)10-6-13/h5-6,9-10,12H,3-4,7-8H2,1-2H3. The summed E-state index contributed by atoms with van der Waals surface area (Å²) < 4.78 is 5.16. The van der Waals surface area contributed by atoms with Crippen LogP contribution in [0.4, 0.5) is 0 Å². The molecule has 4 nitrogen and oxygen atoms in total. The minimum Gasteiger partial charge on any atom is -0.497 e. The van der Waals surface area contributed by atoms with Crippen molar-refractivity contribution in [2.24, 2.45) is 5.16 Å². The summed E-state index contributed by atoms with van der Waals surface area (Å²) in [5, 5.41) is 3.89. The Labute approximate surface area is 113 Å². The van der Waals surface area contributed by atoms with Crippen molar-refractivity contribution < 1.29 is 14.4 Å². The first-order valence-corrected chi connectivity index (χ1v) is 6.56. The second-order valence-corrected chi connectivity index (χ2v) is 4.79. The molecule has 1 aromatic rings. The van der Waals surface area contributed by atoms with Crippen molar-refractivity contribution in [3.05, 3.63) is 29.8 Å². The lowest BCUT2D eigenvalue weighted by Gasteiger charge is -2.23. The van der Waals surface area contributed by atoms with E-state index < -0.39 is 0 Å². The number of rotatable bonds is 3. The molecular weight excluding hydrogens is 242 g/mol. The van der Waals surface area contributed by atoms with E-state index >= 15 is 0 Å². The van der Waals surface area contributed by atoms with Crippen LogP contribution in [0.5, 0.6) is 5.75 Å². The highest BCUT2D eigenvalue weighted by Crippen LogP contribution is 2.32. The van der Waals surface area contributed by atoms with Gasteiger partial charge in [0.1, 0.15) is 5.75 Å². The molecule has 0 unspecified atom stereocenters. The Kier molecular flexibility index (Phi) is 4.55. The van der Waals surface area contributed by atoms with Crippen molar-refractivity contribution in [1.82, 2.24) is 0 Å². The van der Waals surface area contributed by atoms with E-state index in [9.17, 15) is 4.79 Å². The van der Waals surface area contributed by atoms with Gasteiger partial charge in [0.25, 0.3) is 0 Å². The van der Waals surface area contributed by atoms with Gasteiger partial charge in [-0.05, 0) is 49.3 Å². The van der Waals surface area contributed by atoms with E-state index in [1.165, 1.54) is 12.5 Å². The third-order valence-corrected chi connectivity index (χ3v) is 3.45. The van der Waals surface area contributed by atoms with Crippen molar-refractivity contribution in [2.45, 2.75) is 38.5 Å². The van der Waals surface area contributed by atoms with Gasteiger partial charge in [0.05, 0.1) is 12.8 Å². The fourth-order valence-electron chi connectivity index (χ4n) is 2.38. The zero-order valence-corrected chi connectivity index (χ0v) is 11.4. The Morgan fingerprint density at radius 2 is 1.84 bits per heavy atom. The lowest BCUT2D eigenvalue weighted by Crippen LogP contribution is -2.13. The van der Waals surface area contributed by atoms with Gasteiger partial charge in [-0.3, -0.25) is 0 Å². The van der Waals surface area contributed by atoms with Crippen molar-refractivity contribution in [2.75, 3.05) is 7.11 Å². The maximum absolute atomic E-state index is 10.7. The van der Waals surface area contributed by atoms with Crippen LogP contribution < -0.4 is 4.74 Å². The summed E-state index contributed by atoms with van der Waals surface area (Å²) in [6.07, 6.45) is 3.88. The molecule has 1 fully saturated rings. The molecule has 102 valence electrons. The Bertz CT molecular complexity index is 455. The maximum Gasteiger partial charge on any atom is 0.331 e. The van der Waals surface area contributed by atoms with Gasteiger partial charge in [0.15, 0.2) is 0 Å². The fourth-order valence-corrected chi connectivity index (χ4v) is 2.38. The molecule has 0 aliphatic heterocycles. The molecule has 0 spiro atoms. The van der Waals surface area contributed by atoms with Crippen LogP contribution in [-0.4, -0.2) is 18.8 Å². The summed E-state index contributed by atoms with van der Waals surface area (Å²) in [5.41, 5.74) is 2.33. The number of methoxy groups -OCH3 is 1. The van der Waals surface area contributed by atoms with Gasteiger partial charge in [-0.1, -0.05) is 17.3 Å². The van der Waals surface area contributed by atoms with E-state index in [1.807, 2.05) is 12.1 Å². The smallest absolute Gasteiger partial charge is 0.331 e. The maximum atomic E-state index is 10.7. The number of hydrogen-bond donors (Lipinski definition) is 0. The lowest BCUT2D eigenvalue weighted by atomic mass is 9.83. The highest BCUT2D eigenvalue weighted by molar-refractivity contribution is 5.85. The minimum absolute atomic E-state index is 0.357. The first-order chi connectivity index (χ1) is 9.19. The van der Waals surface area contributed by atoms with Gasteiger partial charge >= 0.3 is 5.97 Å². The SMILES string of the molecule is COc1ccc(C2CCC(=NOC(C)=O)CC2)cc1. The molecule has 4 heteroatoms. The van der Waals surface area contributed by atoms with Crippen molar-refractivity contribution in [3.63, 3.8) is 0 Å². The average Bonchev–Trinajstić information content (AvgIpc) is 2.46. The van der Waals surface area contributed by atoms with Crippen molar-refractivity contribution >= 4 is 11.7 Å². The molecular formula is C15H19NO3. The second-order valence-electron chi connectivity index (χ2n) is 4.79. The monoisotopic (exact) mass is 261 g/mol. The molecule has 0 N–H and O–H groups in total. The number of oxime groups is 1. The second kappa shape index (κ2) is 6.36. The first-order valence-electron chi connectivity index (χ1n) is 6.56. The van der Waals surface area contributed by atoms with Crippen molar-refractivity contribution in [3.8, 4) is 5.75 Å². The van der Waals surface area contributed by atoms with Crippen LogP contribution in [0.3, 0.4) is 0 Å². The zero-order valence-electron chi connectivity index (χ0n) is 11.4. The van der Waals surface area contributed by atoms with Crippen LogP contribution in [-0.2, 0) is 9.63 Å². The Balaban J connectivity index is 1.92. The Morgan fingerprint density at radius 1 is 1.21 bits per heavy atom. The number of nitrogens with zero attached hydrogens (tertiary/aromatic N) is 1. The lowest BCUT2D eigenvalue weighted by molar-refractivity contribution is -0.141. The molecule has 19 heavy (non-hydrogen) atoms. The molecule has 1 aliphatic carbocycles. The molecule has 1 aromatic carbocycles. The molecule has 0 amide bonds. The van der Waals surface area contributed by atoms with Gasteiger partial charge < -0.3 is 9.57 Å². The summed E-state index contributed by atoms with van der Waals surface area (Å²) in [7, 11) is 1.67. The van der Waals surface area contributed by atoms with Crippen LogP contribution in [0.1, 0.15) is 44.1 Å². The Hall–Kier alpha value is -1.84. The highest BCUT2D eigenvalue weighted by Gasteiger charge is 2.19. The van der Waals surface area contributed by atoms with E-state index in [0.29, 0.717) is 5.92 Å². The van der Waals surface area contributed by atoms with E-state index in [4.69, 9.17) is 4.74 Å². The molecule has 0 aromatic heterocycles. The van der Waals surface area contributed by atoms with Crippen LogP contribution in [0.2, 0.25) is 0 Å². The molecule has 1 saturated carbocycles. The number of benzene rings is 1. The summed E-state index contributed by atoms with van der Waals surface area (Å²) in [5.74, 6) is 1.09. The first kappa shape index (κ1) is 13.6. The zero-order chi connectivity index (χ0) is 13.7. The van der Waals surface area contributed by atoms with Gasteiger partial charge in [-0.15, -0.1) is 0 Å². The van der Waals surface area contributed by atoms with Crippen LogP contribution in [0, 0.1) is 0 Å². The van der Waals surface area contributed by atoms with Gasteiger partial charge in [-0.2, -0.15) is 0 Å². The molecule has 0 radical (unpaired) electrons. The predicted octanol–water partition coefficient (Wildman–Crippen LogP) is 3.27. The summed E-state index contributed by atoms with van der Waals surface area (Å²) in [4.78, 5) is 15.4. The fraction of sp³-hybridized carbons (Fsp3) is 0.467. The number of carbonyl (C=O) groups excluding carboxylic acids is 1. The summed E-state index contributed by atoms with van der Waals surface area (Å²) >= 11 is 0. The third-order valence-electron chi connectivity index (χ3n) is 3.45. The van der Waals surface area contributed by atoms with Crippen LogP contribution in [0.25, 0.3) is 0 Å². The van der Waals surface area contributed by atoms with Gasteiger partial charge in [0, 0.05) is 6.92 Å². The average molecular weight is 261 g/mol. The number of hydrogen-bond acceptors (Lipinski definition) is 4. The van der Waals surface area contributed by atoms with E-state index in [-0.39, 0.29) is 5.97 Å². The normalized spacial score (nSPS) is 18.8. The Morgan fingerprint density at radius 3 is 2.37 bits per heavy atom.